The van der Waals surface area contributed by atoms with Crippen LogP contribution in [0.4, 0.5) is 0 Å². The maximum absolute atomic E-state index is 10.8. The summed E-state index contributed by atoms with van der Waals surface area (Å²) < 4.78 is 0. The van der Waals surface area contributed by atoms with Gasteiger partial charge in [0.1, 0.15) is 0 Å². The van der Waals surface area contributed by atoms with E-state index in [1.165, 1.54) is 11.1 Å². The average molecular weight is 275 g/mol. The maximum atomic E-state index is 10.8. The molecule has 2 rings (SSSR count). The molecular formula is C17H19ClO. The highest BCUT2D eigenvalue weighted by Gasteiger charge is 2.26. The van der Waals surface area contributed by atoms with Gasteiger partial charge in [-0.05, 0) is 38.0 Å². The molecule has 2 aromatic carbocycles. The molecule has 100 valence electrons. The molecule has 0 saturated heterocycles. The van der Waals surface area contributed by atoms with Gasteiger partial charge in [-0.25, -0.2) is 0 Å². The van der Waals surface area contributed by atoms with Crippen LogP contribution >= 0.6 is 11.6 Å². The van der Waals surface area contributed by atoms with E-state index in [4.69, 9.17) is 11.6 Å². The van der Waals surface area contributed by atoms with Crippen LogP contribution in [-0.4, -0.2) is 5.11 Å². The smallest absolute Gasteiger partial charge is 0.0923 e. The first-order valence-electron chi connectivity index (χ1n) is 6.44. The van der Waals surface area contributed by atoms with E-state index < -0.39 is 5.60 Å². The third kappa shape index (κ3) is 3.17. The van der Waals surface area contributed by atoms with E-state index in [9.17, 15) is 5.11 Å². The second-order valence-electron chi connectivity index (χ2n) is 5.36. The van der Waals surface area contributed by atoms with E-state index in [2.05, 4.69) is 32.0 Å². The average Bonchev–Trinajstić information content (AvgIpc) is 2.34. The Morgan fingerprint density at radius 1 is 1.11 bits per heavy atom. The molecule has 2 aromatic rings. The van der Waals surface area contributed by atoms with Crippen LogP contribution in [-0.2, 0) is 12.0 Å². The number of hydrogen-bond donors (Lipinski definition) is 1. The van der Waals surface area contributed by atoms with Crippen molar-refractivity contribution in [2.45, 2.75) is 32.8 Å². The van der Waals surface area contributed by atoms with Gasteiger partial charge in [0.15, 0.2) is 0 Å². The van der Waals surface area contributed by atoms with Gasteiger partial charge in [-0.15, -0.1) is 0 Å². The molecule has 0 aliphatic heterocycles. The molecular weight excluding hydrogens is 256 g/mol. The lowest BCUT2D eigenvalue weighted by molar-refractivity contribution is 0.0576. The predicted octanol–water partition coefficient (Wildman–Crippen LogP) is 4.41. The van der Waals surface area contributed by atoms with Crippen LogP contribution in [0.25, 0.3) is 0 Å². The number of benzene rings is 2. The van der Waals surface area contributed by atoms with Gasteiger partial charge in [-0.3, -0.25) is 0 Å². The fourth-order valence-corrected chi connectivity index (χ4v) is 2.69. The third-order valence-corrected chi connectivity index (χ3v) is 3.82. The first kappa shape index (κ1) is 14.1. The van der Waals surface area contributed by atoms with Crippen LogP contribution in [0.15, 0.2) is 42.5 Å². The lowest BCUT2D eigenvalue weighted by atomic mass is 9.87. The topological polar surface area (TPSA) is 20.2 Å². The molecule has 0 aliphatic carbocycles. The van der Waals surface area contributed by atoms with Crippen molar-refractivity contribution < 1.29 is 5.11 Å². The van der Waals surface area contributed by atoms with Crippen LogP contribution in [0.1, 0.15) is 29.2 Å². The zero-order valence-corrected chi connectivity index (χ0v) is 12.3. The Morgan fingerprint density at radius 2 is 1.79 bits per heavy atom. The van der Waals surface area contributed by atoms with Gasteiger partial charge in [-0.1, -0.05) is 53.6 Å². The quantitative estimate of drug-likeness (QED) is 0.879. The Morgan fingerprint density at radius 3 is 2.47 bits per heavy atom. The molecule has 1 unspecified atom stereocenters. The lowest BCUT2D eigenvalue weighted by Crippen LogP contribution is -2.25. The Labute approximate surface area is 119 Å². The van der Waals surface area contributed by atoms with E-state index in [0.717, 1.165) is 11.1 Å². The molecule has 1 N–H and O–H groups in total. The summed E-state index contributed by atoms with van der Waals surface area (Å²) in [4.78, 5) is 0. The summed E-state index contributed by atoms with van der Waals surface area (Å²) in [5.74, 6) is 0. The van der Waals surface area contributed by atoms with Gasteiger partial charge in [0.25, 0.3) is 0 Å². The van der Waals surface area contributed by atoms with Crippen molar-refractivity contribution in [2.75, 3.05) is 0 Å². The molecule has 0 fully saturated rings. The molecule has 0 bridgehead atoms. The Balaban J connectivity index is 2.36. The molecule has 19 heavy (non-hydrogen) atoms. The normalized spacial score (nSPS) is 14.2. The highest BCUT2D eigenvalue weighted by Crippen LogP contribution is 2.31. The van der Waals surface area contributed by atoms with Crippen LogP contribution < -0.4 is 0 Å². The van der Waals surface area contributed by atoms with E-state index in [0.29, 0.717) is 11.4 Å². The first-order valence-corrected chi connectivity index (χ1v) is 6.81. The standard InChI is InChI=1S/C17H19ClO/c1-12-8-9-13(2)14(10-12)11-17(3,19)15-6-4-5-7-16(15)18/h4-10,19H,11H2,1-3H3. The van der Waals surface area contributed by atoms with Gasteiger partial charge >= 0.3 is 0 Å². The predicted molar refractivity (Wildman–Crippen MR) is 80.6 cm³/mol. The van der Waals surface area contributed by atoms with Gasteiger partial charge in [0.2, 0.25) is 0 Å². The number of hydrogen-bond acceptors (Lipinski definition) is 1. The summed E-state index contributed by atoms with van der Waals surface area (Å²) in [5, 5.41) is 11.4. The van der Waals surface area contributed by atoms with Crippen LogP contribution in [0.5, 0.6) is 0 Å². The zero-order valence-electron chi connectivity index (χ0n) is 11.6. The largest absolute Gasteiger partial charge is 0.385 e. The molecule has 0 saturated carbocycles. The summed E-state index contributed by atoms with van der Waals surface area (Å²) in [6, 6.07) is 13.8. The minimum absolute atomic E-state index is 0.560. The fraction of sp³-hybridized carbons (Fsp3) is 0.294. The van der Waals surface area contributed by atoms with Crippen molar-refractivity contribution in [1.82, 2.24) is 0 Å². The van der Waals surface area contributed by atoms with Crippen molar-refractivity contribution in [3.8, 4) is 0 Å². The summed E-state index contributed by atoms with van der Waals surface area (Å²) >= 11 is 6.19. The highest BCUT2D eigenvalue weighted by atomic mass is 35.5. The Kier molecular flexibility index (Phi) is 3.98. The molecule has 0 aliphatic rings. The van der Waals surface area contributed by atoms with Gasteiger partial charge < -0.3 is 5.11 Å². The summed E-state index contributed by atoms with van der Waals surface area (Å²) in [6.45, 7) is 5.95. The summed E-state index contributed by atoms with van der Waals surface area (Å²) in [7, 11) is 0. The van der Waals surface area contributed by atoms with Gasteiger partial charge in [0.05, 0.1) is 5.60 Å². The minimum atomic E-state index is -0.961. The first-order chi connectivity index (χ1) is 8.90. The molecule has 0 aromatic heterocycles. The van der Waals surface area contributed by atoms with Crippen LogP contribution in [0.2, 0.25) is 5.02 Å². The molecule has 2 heteroatoms. The zero-order chi connectivity index (χ0) is 14.0. The van der Waals surface area contributed by atoms with E-state index >= 15 is 0 Å². The number of rotatable bonds is 3. The monoisotopic (exact) mass is 274 g/mol. The van der Waals surface area contributed by atoms with E-state index in [1.807, 2.05) is 31.2 Å². The van der Waals surface area contributed by atoms with Crippen molar-refractivity contribution >= 4 is 11.6 Å². The van der Waals surface area contributed by atoms with Gasteiger partial charge in [0, 0.05) is 17.0 Å². The molecule has 0 spiro atoms. The van der Waals surface area contributed by atoms with Crippen molar-refractivity contribution in [2.24, 2.45) is 0 Å². The van der Waals surface area contributed by atoms with Gasteiger partial charge in [-0.2, -0.15) is 0 Å². The lowest BCUT2D eigenvalue weighted by Gasteiger charge is -2.26. The van der Waals surface area contributed by atoms with E-state index in [-0.39, 0.29) is 0 Å². The second-order valence-corrected chi connectivity index (χ2v) is 5.77. The molecule has 0 radical (unpaired) electrons. The molecule has 1 nitrogen and oxygen atoms in total. The van der Waals surface area contributed by atoms with Crippen molar-refractivity contribution in [3.63, 3.8) is 0 Å². The molecule has 1 atom stereocenters. The Hall–Kier alpha value is -1.31. The fourth-order valence-electron chi connectivity index (χ4n) is 2.35. The summed E-state index contributed by atoms with van der Waals surface area (Å²) in [5.41, 5.74) is 3.37. The SMILES string of the molecule is Cc1ccc(C)c(CC(C)(O)c2ccccc2Cl)c1. The number of aliphatic hydroxyl groups is 1. The van der Waals surface area contributed by atoms with E-state index in [1.54, 1.807) is 0 Å². The molecule has 0 amide bonds. The number of halogens is 1. The Bertz CT molecular complexity index is 588. The minimum Gasteiger partial charge on any atom is -0.385 e. The third-order valence-electron chi connectivity index (χ3n) is 3.49. The van der Waals surface area contributed by atoms with Crippen LogP contribution in [0.3, 0.4) is 0 Å². The number of aryl methyl sites for hydroxylation is 2. The van der Waals surface area contributed by atoms with Crippen LogP contribution in [0, 0.1) is 13.8 Å². The highest BCUT2D eigenvalue weighted by molar-refractivity contribution is 6.31. The van der Waals surface area contributed by atoms with Crippen molar-refractivity contribution in [3.05, 3.63) is 69.7 Å². The van der Waals surface area contributed by atoms with Crippen molar-refractivity contribution in [1.29, 1.82) is 0 Å². The molecule has 0 heterocycles. The second kappa shape index (κ2) is 5.36. The summed E-state index contributed by atoms with van der Waals surface area (Å²) in [6.07, 6.45) is 0.560. The maximum Gasteiger partial charge on any atom is 0.0923 e.